The van der Waals surface area contributed by atoms with E-state index in [9.17, 15) is 18.3 Å². The molecule has 1 saturated heterocycles. The molecule has 0 aromatic heterocycles. The van der Waals surface area contributed by atoms with Gasteiger partial charge >= 0.3 is 5.97 Å². The Kier molecular flexibility index (Phi) is 12.6. The number of likely N-dealkylation sites (tertiary alicyclic amines) is 1. The number of carbonyl (C=O) groups is 1. The van der Waals surface area contributed by atoms with Gasteiger partial charge < -0.3 is 25.2 Å². The number of benzene rings is 2. The standard InChI is InChI=1S/C28H34ClN5O6S.2ClH/c1-3-39-27(36)16-41(37,38)34-21(6-4-18-12-19(28(31)32)5-7-25(18)35)13-20-14-26(23(29)15-24(20)34)40-22-8-10-33(11-9-22)17(2)30;;/h4-7,12,14-15,21-22,30,35H,3,8-11,13,16H2,1-2H3,(H3,31,32);2*1H/b6-4+,30-17?;;. The normalized spacial score (nSPS) is 16.7. The Hall–Kier alpha value is -3.19. The van der Waals surface area contributed by atoms with Crippen molar-refractivity contribution in [2.24, 2.45) is 5.73 Å². The summed E-state index contributed by atoms with van der Waals surface area (Å²) in [6.07, 6.45) is 4.78. The molecule has 11 nitrogen and oxygen atoms in total. The van der Waals surface area contributed by atoms with Crippen molar-refractivity contribution in [2.45, 2.75) is 45.3 Å². The number of phenolic OH excluding ortho intramolecular Hbond substituents is 1. The molecule has 2 aliphatic heterocycles. The summed E-state index contributed by atoms with van der Waals surface area (Å²) in [4.78, 5) is 14.2. The number of nitrogens with zero attached hydrogens (tertiary/aromatic N) is 2. The Balaban J connectivity index is 0.00000323. The van der Waals surface area contributed by atoms with Crippen LogP contribution in [0.25, 0.3) is 6.08 Å². The van der Waals surface area contributed by atoms with E-state index in [0.29, 0.717) is 47.1 Å². The molecule has 2 aromatic rings. The Labute approximate surface area is 268 Å². The Morgan fingerprint density at radius 3 is 2.47 bits per heavy atom. The summed E-state index contributed by atoms with van der Waals surface area (Å²) < 4.78 is 39.3. The smallest absolute Gasteiger partial charge is 0.323 e. The highest BCUT2D eigenvalue weighted by atomic mass is 35.5. The van der Waals surface area contributed by atoms with E-state index in [1.165, 1.54) is 24.3 Å². The number of esters is 1. The third-order valence-corrected chi connectivity index (χ3v) is 9.02. The number of sulfonamides is 1. The van der Waals surface area contributed by atoms with Crippen LogP contribution in [0.3, 0.4) is 0 Å². The van der Waals surface area contributed by atoms with Crippen LogP contribution in [-0.2, 0) is 26.0 Å². The number of nitrogen functional groups attached to an aromatic ring is 1. The van der Waals surface area contributed by atoms with E-state index in [0.717, 1.165) is 17.1 Å². The molecule has 1 fully saturated rings. The van der Waals surface area contributed by atoms with Crippen molar-refractivity contribution in [2.75, 3.05) is 29.8 Å². The summed E-state index contributed by atoms with van der Waals surface area (Å²) in [6, 6.07) is 6.98. The molecule has 43 heavy (non-hydrogen) atoms. The maximum atomic E-state index is 13.5. The van der Waals surface area contributed by atoms with Crippen LogP contribution >= 0.6 is 36.4 Å². The summed E-state index contributed by atoms with van der Waals surface area (Å²) in [7, 11) is -4.19. The molecule has 0 amide bonds. The first-order chi connectivity index (χ1) is 19.4. The van der Waals surface area contributed by atoms with Gasteiger partial charge in [-0.15, -0.1) is 24.8 Å². The summed E-state index contributed by atoms with van der Waals surface area (Å²) in [6.45, 7) is 4.80. The second-order valence-corrected chi connectivity index (χ2v) is 12.2. The maximum absolute atomic E-state index is 13.5. The van der Waals surface area contributed by atoms with E-state index >= 15 is 0 Å². The quantitative estimate of drug-likeness (QED) is 0.173. The van der Waals surface area contributed by atoms with Gasteiger partial charge in [0.1, 0.15) is 23.4 Å². The zero-order chi connectivity index (χ0) is 29.9. The van der Waals surface area contributed by atoms with Crippen LogP contribution in [-0.4, -0.2) is 73.7 Å². The van der Waals surface area contributed by atoms with E-state index in [1.807, 2.05) is 4.90 Å². The number of rotatable bonds is 9. The van der Waals surface area contributed by atoms with Crippen LogP contribution < -0.4 is 14.8 Å². The van der Waals surface area contributed by atoms with E-state index in [2.05, 4.69) is 0 Å². The zero-order valence-corrected chi connectivity index (χ0v) is 26.9. The minimum Gasteiger partial charge on any atom is -0.507 e. The Morgan fingerprint density at radius 2 is 1.86 bits per heavy atom. The molecule has 0 spiro atoms. The molecule has 15 heteroatoms. The lowest BCUT2D eigenvalue weighted by molar-refractivity contribution is -0.139. The molecule has 2 aromatic carbocycles. The molecule has 4 rings (SSSR count). The molecular weight excluding hydrogens is 641 g/mol. The summed E-state index contributed by atoms with van der Waals surface area (Å²) >= 11 is 6.60. The predicted molar refractivity (Wildman–Crippen MR) is 173 cm³/mol. The first-order valence-electron chi connectivity index (χ1n) is 13.2. The molecule has 2 heterocycles. The highest BCUT2D eigenvalue weighted by Crippen LogP contribution is 2.42. The van der Waals surface area contributed by atoms with Crippen molar-refractivity contribution in [1.29, 1.82) is 10.8 Å². The molecule has 2 aliphatic rings. The predicted octanol–water partition coefficient (Wildman–Crippen LogP) is 4.35. The number of amidine groups is 2. The number of aromatic hydroxyl groups is 1. The lowest BCUT2D eigenvalue weighted by atomic mass is 10.1. The van der Waals surface area contributed by atoms with Crippen LogP contribution in [0.5, 0.6) is 11.5 Å². The number of ether oxygens (including phenoxy) is 2. The Morgan fingerprint density at radius 1 is 1.19 bits per heavy atom. The molecule has 1 atom stereocenters. The third kappa shape index (κ3) is 8.47. The number of nitrogens with two attached hydrogens (primary N) is 1. The molecule has 5 N–H and O–H groups in total. The lowest BCUT2D eigenvalue weighted by Crippen LogP contribution is -2.40. The van der Waals surface area contributed by atoms with Crippen LogP contribution in [0.15, 0.2) is 36.4 Å². The minimum absolute atomic E-state index is 0. The number of piperidine rings is 1. The topological polar surface area (TPSA) is 170 Å². The molecule has 1 unspecified atom stereocenters. The van der Waals surface area contributed by atoms with Crippen molar-refractivity contribution >= 4 is 75.8 Å². The van der Waals surface area contributed by atoms with Crippen LogP contribution in [0.2, 0.25) is 5.02 Å². The van der Waals surface area contributed by atoms with Gasteiger partial charge in [-0.05, 0) is 56.2 Å². The summed E-state index contributed by atoms with van der Waals surface area (Å²) in [5.41, 5.74) is 7.34. The van der Waals surface area contributed by atoms with E-state index < -0.39 is 27.8 Å². The molecular formula is C28H36Cl3N5O6S. The summed E-state index contributed by atoms with van der Waals surface area (Å²) in [5.74, 6) is -0.999. The second-order valence-electron chi connectivity index (χ2n) is 9.98. The third-order valence-electron chi connectivity index (χ3n) is 7.05. The minimum atomic E-state index is -4.19. The number of anilines is 1. The van der Waals surface area contributed by atoms with Crippen molar-refractivity contribution in [3.8, 4) is 11.5 Å². The monoisotopic (exact) mass is 675 g/mol. The van der Waals surface area contributed by atoms with Gasteiger partial charge in [-0.3, -0.25) is 19.9 Å². The molecule has 0 aliphatic carbocycles. The zero-order valence-electron chi connectivity index (χ0n) is 23.7. The fourth-order valence-electron chi connectivity index (χ4n) is 5.01. The van der Waals surface area contributed by atoms with Gasteiger partial charge in [-0.2, -0.15) is 0 Å². The van der Waals surface area contributed by atoms with Gasteiger partial charge in [-0.25, -0.2) is 8.42 Å². The molecule has 0 saturated carbocycles. The number of phenols is 1. The summed E-state index contributed by atoms with van der Waals surface area (Å²) in [5, 5.41) is 26.1. The van der Waals surface area contributed by atoms with Crippen molar-refractivity contribution in [1.82, 2.24) is 4.90 Å². The number of hydrogen-bond acceptors (Lipinski definition) is 8. The number of hydrogen-bond donors (Lipinski definition) is 4. The van der Waals surface area contributed by atoms with Gasteiger partial charge in [0.05, 0.1) is 29.2 Å². The second kappa shape index (κ2) is 15.0. The van der Waals surface area contributed by atoms with Gasteiger partial charge in [0.2, 0.25) is 10.0 Å². The van der Waals surface area contributed by atoms with Gasteiger partial charge in [0, 0.05) is 37.1 Å². The number of nitrogens with one attached hydrogen (secondary N) is 2. The van der Waals surface area contributed by atoms with Crippen molar-refractivity contribution in [3.63, 3.8) is 0 Å². The van der Waals surface area contributed by atoms with Crippen LogP contribution in [0, 0.1) is 10.8 Å². The fraction of sp³-hybridized carbons (Fsp3) is 0.393. The maximum Gasteiger partial charge on any atom is 0.323 e. The van der Waals surface area contributed by atoms with Gasteiger partial charge in [0.15, 0.2) is 5.75 Å². The largest absolute Gasteiger partial charge is 0.507 e. The number of carbonyl (C=O) groups excluding carboxylic acids is 1. The van der Waals surface area contributed by atoms with Crippen molar-refractivity contribution in [3.05, 3.63) is 58.1 Å². The van der Waals surface area contributed by atoms with E-state index in [1.54, 1.807) is 32.1 Å². The van der Waals surface area contributed by atoms with E-state index in [4.69, 9.17) is 37.6 Å². The first kappa shape index (κ1) is 36.0. The van der Waals surface area contributed by atoms with Crippen molar-refractivity contribution < 1.29 is 27.8 Å². The lowest BCUT2D eigenvalue weighted by Gasteiger charge is -2.33. The van der Waals surface area contributed by atoms with Gasteiger partial charge in [-0.1, -0.05) is 23.8 Å². The fourth-order valence-corrected chi connectivity index (χ4v) is 6.76. The highest BCUT2D eigenvalue weighted by Gasteiger charge is 2.39. The Bertz CT molecular complexity index is 1500. The molecule has 236 valence electrons. The van der Waals surface area contributed by atoms with Gasteiger partial charge in [0.25, 0.3) is 0 Å². The van der Waals surface area contributed by atoms with Crippen LogP contribution in [0.4, 0.5) is 5.69 Å². The number of fused-ring (bicyclic) bond motifs is 1. The van der Waals surface area contributed by atoms with Crippen LogP contribution in [0.1, 0.15) is 43.4 Å². The van der Waals surface area contributed by atoms with E-state index in [-0.39, 0.29) is 60.6 Å². The average Bonchev–Trinajstić information content (AvgIpc) is 3.26. The first-order valence-corrected chi connectivity index (χ1v) is 15.2. The average molecular weight is 677 g/mol. The highest BCUT2D eigenvalue weighted by molar-refractivity contribution is 7.93. The SMILES string of the molecule is CCOC(=O)CS(=O)(=O)N1c2cc(Cl)c(OC3CCN(C(C)=N)CC3)cc2CC1/C=C/c1cc(C(=N)N)ccc1O.Cl.Cl. The number of halogens is 3. The molecule has 0 bridgehead atoms. The molecule has 0 radical (unpaired) electrons.